The highest BCUT2D eigenvalue weighted by molar-refractivity contribution is 6.27. The third kappa shape index (κ3) is 2.87. The molecule has 1 fully saturated rings. The first kappa shape index (κ1) is 10.8. The molecule has 0 radical (unpaired) electrons. The molecule has 0 aliphatic heterocycles. The van der Waals surface area contributed by atoms with Crippen LogP contribution in [0.3, 0.4) is 0 Å². The van der Waals surface area contributed by atoms with Gasteiger partial charge in [-0.2, -0.15) is 0 Å². The Labute approximate surface area is 85.0 Å². The van der Waals surface area contributed by atoms with E-state index in [0.29, 0.717) is 11.3 Å². The summed E-state index contributed by atoms with van der Waals surface area (Å²) in [6.45, 7) is 5.34. The van der Waals surface area contributed by atoms with Crippen molar-refractivity contribution in [1.29, 1.82) is 0 Å². The average Bonchev–Trinajstić information content (AvgIpc) is 2.41. The Hall–Kier alpha value is -0.240. The number of nitrogens with one attached hydrogen (secondary N) is 1. The number of amides is 1. The monoisotopic (exact) mass is 203 g/mol. The van der Waals surface area contributed by atoms with Crippen molar-refractivity contribution in [2.45, 2.75) is 33.1 Å². The van der Waals surface area contributed by atoms with Gasteiger partial charge in [-0.05, 0) is 24.2 Å². The zero-order valence-corrected chi connectivity index (χ0v) is 9.16. The first-order valence-corrected chi connectivity index (χ1v) is 5.42. The summed E-state index contributed by atoms with van der Waals surface area (Å²) in [4.78, 5) is 10.9. The zero-order chi connectivity index (χ0) is 9.90. The number of halogens is 1. The molecule has 1 saturated carbocycles. The minimum Gasteiger partial charge on any atom is -0.355 e. The highest BCUT2D eigenvalue weighted by Crippen LogP contribution is 2.41. The third-order valence-corrected chi connectivity index (χ3v) is 3.39. The van der Waals surface area contributed by atoms with Crippen molar-refractivity contribution < 1.29 is 4.79 Å². The summed E-state index contributed by atoms with van der Waals surface area (Å²) >= 11 is 5.40. The Morgan fingerprint density at radius 3 is 2.77 bits per heavy atom. The molecule has 2 nitrogen and oxygen atoms in total. The summed E-state index contributed by atoms with van der Waals surface area (Å²) < 4.78 is 0. The number of carbonyl (C=O) groups excluding carboxylic acids is 1. The normalized spacial score (nSPS) is 25.9. The lowest BCUT2D eigenvalue weighted by molar-refractivity contribution is -0.118. The summed E-state index contributed by atoms with van der Waals surface area (Å²) in [6, 6.07) is 0. The molecule has 1 aliphatic carbocycles. The lowest BCUT2D eigenvalue weighted by Crippen LogP contribution is -2.34. The van der Waals surface area contributed by atoms with Crippen LogP contribution in [-0.4, -0.2) is 18.3 Å². The molecule has 0 heterocycles. The number of rotatable bonds is 3. The van der Waals surface area contributed by atoms with Gasteiger partial charge in [0.25, 0.3) is 0 Å². The lowest BCUT2D eigenvalue weighted by Gasteiger charge is -2.26. The maximum absolute atomic E-state index is 10.9. The Morgan fingerprint density at radius 1 is 1.62 bits per heavy atom. The van der Waals surface area contributed by atoms with E-state index < -0.39 is 0 Å². The van der Waals surface area contributed by atoms with Crippen LogP contribution in [0, 0.1) is 11.3 Å². The van der Waals surface area contributed by atoms with Gasteiger partial charge in [0.05, 0.1) is 0 Å². The molecule has 0 bridgehead atoms. The lowest BCUT2D eigenvalue weighted by atomic mass is 9.82. The fourth-order valence-electron chi connectivity index (χ4n) is 2.06. The smallest absolute Gasteiger partial charge is 0.234 e. The molecule has 0 aromatic rings. The van der Waals surface area contributed by atoms with Crippen molar-refractivity contribution in [3.05, 3.63) is 0 Å². The summed E-state index contributed by atoms with van der Waals surface area (Å²) in [7, 11) is 0. The fraction of sp³-hybridized carbons (Fsp3) is 0.900. The second-order valence-electron chi connectivity index (χ2n) is 4.52. The van der Waals surface area contributed by atoms with Crippen LogP contribution in [0.5, 0.6) is 0 Å². The summed E-state index contributed by atoms with van der Waals surface area (Å²) in [6.07, 6.45) is 3.79. The van der Waals surface area contributed by atoms with Gasteiger partial charge in [-0.15, -0.1) is 11.6 Å². The van der Waals surface area contributed by atoms with E-state index in [9.17, 15) is 4.79 Å². The highest BCUT2D eigenvalue weighted by Gasteiger charge is 2.34. The van der Waals surface area contributed by atoms with Crippen molar-refractivity contribution in [2.75, 3.05) is 12.4 Å². The van der Waals surface area contributed by atoms with Gasteiger partial charge in [0.15, 0.2) is 0 Å². The van der Waals surface area contributed by atoms with E-state index >= 15 is 0 Å². The molecule has 0 aromatic carbocycles. The molecule has 3 heteroatoms. The Kier molecular flexibility index (Phi) is 3.60. The molecule has 1 rings (SSSR count). The maximum atomic E-state index is 10.9. The number of carbonyl (C=O) groups is 1. The minimum atomic E-state index is -0.0515. The predicted octanol–water partition coefficient (Wildman–Crippen LogP) is 2.17. The van der Waals surface area contributed by atoms with Crippen LogP contribution in [-0.2, 0) is 4.79 Å². The van der Waals surface area contributed by atoms with E-state index in [-0.39, 0.29) is 11.8 Å². The van der Waals surface area contributed by atoms with Gasteiger partial charge in [0.2, 0.25) is 5.91 Å². The quantitative estimate of drug-likeness (QED) is 0.700. The van der Waals surface area contributed by atoms with Gasteiger partial charge in [0.1, 0.15) is 5.88 Å². The van der Waals surface area contributed by atoms with Gasteiger partial charge >= 0.3 is 0 Å². The van der Waals surface area contributed by atoms with Gasteiger partial charge in [-0.1, -0.05) is 20.3 Å². The molecule has 13 heavy (non-hydrogen) atoms. The van der Waals surface area contributed by atoms with Crippen molar-refractivity contribution in [3.8, 4) is 0 Å². The van der Waals surface area contributed by atoms with Crippen LogP contribution < -0.4 is 5.32 Å². The van der Waals surface area contributed by atoms with Crippen LogP contribution in [0.1, 0.15) is 33.1 Å². The summed E-state index contributed by atoms with van der Waals surface area (Å²) in [5.74, 6) is 0.650. The largest absolute Gasteiger partial charge is 0.355 e. The highest BCUT2D eigenvalue weighted by atomic mass is 35.5. The van der Waals surface area contributed by atoms with E-state index in [0.717, 1.165) is 6.54 Å². The van der Waals surface area contributed by atoms with Crippen molar-refractivity contribution in [3.63, 3.8) is 0 Å². The second-order valence-corrected chi connectivity index (χ2v) is 4.78. The van der Waals surface area contributed by atoms with Crippen LogP contribution in [0.2, 0.25) is 0 Å². The Morgan fingerprint density at radius 2 is 2.31 bits per heavy atom. The summed E-state index contributed by atoms with van der Waals surface area (Å²) in [5, 5.41) is 2.86. The van der Waals surface area contributed by atoms with Crippen LogP contribution in [0.15, 0.2) is 0 Å². The van der Waals surface area contributed by atoms with E-state index in [2.05, 4.69) is 19.2 Å². The molecule has 0 aromatic heterocycles. The fourth-order valence-corrected chi connectivity index (χ4v) is 2.16. The first-order valence-electron chi connectivity index (χ1n) is 4.89. The zero-order valence-electron chi connectivity index (χ0n) is 8.40. The SMILES string of the molecule is CC1(C)CCCC1CNC(=O)CCl. The van der Waals surface area contributed by atoms with E-state index in [4.69, 9.17) is 11.6 Å². The topological polar surface area (TPSA) is 29.1 Å². The minimum absolute atomic E-state index is 0.0515. The van der Waals surface area contributed by atoms with E-state index in [1.54, 1.807) is 0 Å². The standard InChI is InChI=1S/C10H18ClNO/c1-10(2)5-3-4-8(10)7-12-9(13)6-11/h8H,3-7H2,1-2H3,(H,12,13). The van der Waals surface area contributed by atoms with Crippen molar-refractivity contribution in [2.24, 2.45) is 11.3 Å². The molecule has 76 valence electrons. The first-order chi connectivity index (χ1) is 6.06. The van der Waals surface area contributed by atoms with Crippen LogP contribution >= 0.6 is 11.6 Å². The van der Waals surface area contributed by atoms with E-state index in [1.165, 1.54) is 19.3 Å². The molecule has 1 unspecified atom stereocenters. The van der Waals surface area contributed by atoms with E-state index in [1.807, 2.05) is 0 Å². The summed E-state index contributed by atoms with van der Waals surface area (Å²) in [5.41, 5.74) is 0.388. The molecule has 1 amide bonds. The number of hydrogen-bond acceptors (Lipinski definition) is 1. The molecule has 1 aliphatic rings. The Balaban J connectivity index is 2.33. The maximum Gasteiger partial charge on any atom is 0.234 e. The predicted molar refractivity (Wildman–Crippen MR) is 54.9 cm³/mol. The van der Waals surface area contributed by atoms with Crippen molar-refractivity contribution >= 4 is 17.5 Å². The molecular weight excluding hydrogens is 186 g/mol. The number of hydrogen-bond donors (Lipinski definition) is 1. The van der Waals surface area contributed by atoms with Crippen molar-refractivity contribution in [1.82, 2.24) is 5.32 Å². The number of alkyl halides is 1. The van der Waals surface area contributed by atoms with Gasteiger partial charge < -0.3 is 5.32 Å². The molecule has 0 spiro atoms. The molecular formula is C10H18ClNO. The Bertz CT molecular complexity index is 191. The molecule has 1 atom stereocenters. The average molecular weight is 204 g/mol. The molecule has 1 N–H and O–H groups in total. The third-order valence-electron chi connectivity index (χ3n) is 3.15. The van der Waals surface area contributed by atoms with Crippen LogP contribution in [0.4, 0.5) is 0 Å². The van der Waals surface area contributed by atoms with Crippen LogP contribution in [0.25, 0.3) is 0 Å². The van der Waals surface area contributed by atoms with Gasteiger partial charge in [0, 0.05) is 6.54 Å². The second kappa shape index (κ2) is 4.32. The molecule has 0 saturated heterocycles. The van der Waals surface area contributed by atoms with Gasteiger partial charge in [-0.3, -0.25) is 4.79 Å². The van der Waals surface area contributed by atoms with Gasteiger partial charge in [-0.25, -0.2) is 0 Å².